The Morgan fingerprint density at radius 3 is 2.22 bits per heavy atom. The lowest BCUT2D eigenvalue weighted by atomic mass is 10.1. The smallest absolute Gasteiger partial charge is 0.242 e. The fourth-order valence-electron chi connectivity index (χ4n) is 1.70. The molecule has 5 heteroatoms. The van der Waals surface area contributed by atoms with Gasteiger partial charge in [-0.2, -0.15) is 0 Å². The van der Waals surface area contributed by atoms with Gasteiger partial charge in [0.2, 0.25) is 10.0 Å². The average molecular weight is 270 g/mol. The standard InChI is InChI=1S/C13H22N2O2S/c1-5-14-11(3)12-7-9-13(10-8-12)18(16,17)15(4)6-2/h7-11,14H,5-6H2,1-4H3. The summed E-state index contributed by atoms with van der Waals surface area (Å²) in [6.07, 6.45) is 0. The molecule has 102 valence electrons. The van der Waals surface area contributed by atoms with E-state index in [1.807, 2.05) is 26.0 Å². The Kier molecular flexibility index (Phi) is 5.31. The number of sulfonamides is 1. The van der Waals surface area contributed by atoms with Crippen LogP contribution in [0.25, 0.3) is 0 Å². The molecule has 18 heavy (non-hydrogen) atoms. The van der Waals surface area contributed by atoms with Crippen molar-refractivity contribution in [2.24, 2.45) is 0 Å². The summed E-state index contributed by atoms with van der Waals surface area (Å²) >= 11 is 0. The van der Waals surface area contributed by atoms with E-state index < -0.39 is 10.0 Å². The summed E-state index contributed by atoms with van der Waals surface area (Å²) in [6.45, 7) is 7.29. The summed E-state index contributed by atoms with van der Waals surface area (Å²) in [5.74, 6) is 0. The summed E-state index contributed by atoms with van der Waals surface area (Å²) < 4.78 is 25.5. The van der Waals surface area contributed by atoms with Crippen LogP contribution in [0.15, 0.2) is 29.2 Å². The molecule has 0 aliphatic rings. The number of benzene rings is 1. The number of nitrogens with one attached hydrogen (secondary N) is 1. The molecule has 1 atom stereocenters. The zero-order chi connectivity index (χ0) is 13.8. The van der Waals surface area contributed by atoms with Crippen LogP contribution in [-0.2, 0) is 10.0 Å². The van der Waals surface area contributed by atoms with Crippen molar-refractivity contribution in [2.45, 2.75) is 31.7 Å². The number of rotatable bonds is 6. The highest BCUT2D eigenvalue weighted by Gasteiger charge is 2.19. The van der Waals surface area contributed by atoms with Crippen LogP contribution in [0, 0.1) is 0 Å². The summed E-state index contributed by atoms with van der Waals surface area (Å²) in [6, 6.07) is 7.30. The number of hydrogen-bond acceptors (Lipinski definition) is 3. The second-order valence-electron chi connectivity index (χ2n) is 4.27. The lowest BCUT2D eigenvalue weighted by molar-refractivity contribution is 0.486. The summed E-state index contributed by atoms with van der Waals surface area (Å²) in [4.78, 5) is 0.347. The van der Waals surface area contributed by atoms with Crippen molar-refractivity contribution in [3.05, 3.63) is 29.8 Å². The first kappa shape index (κ1) is 15.1. The predicted molar refractivity (Wildman–Crippen MR) is 74.0 cm³/mol. The highest BCUT2D eigenvalue weighted by Crippen LogP contribution is 2.18. The number of hydrogen-bond donors (Lipinski definition) is 1. The van der Waals surface area contributed by atoms with Gasteiger partial charge in [0, 0.05) is 19.6 Å². The molecular weight excluding hydrogens is 248 g/mol. The van der Waals surface area contributed by atoms with Gasteiger partial charge < -0.3 is 5.32 Å². The van der Waals surface area contributed by atoms with E-state index in [2.05, 4.69) is 12.2 Å². The molecular formula is C13H22N2O2S. The summed E-state index contributed by atoms with van der Waals surface area (Å²) in [7, 11) is -1.74. The van der Waals surface area contributed by atoms with E-state index in [0.717, 1.165) is 12.1 Å². The molecule has 0 aliphatic heterocycles. The zero-order valence-corrected chi connectivity index (χ0v) is 12.3. The van der Waals surface area contributed by atoms with Gasteiger partial charge in [0.05, 0.1) is 4.90 Å². The van der Waals surface area contributed by atoms with Gasteiger partial charge in [-0.25, -0.2) is 12.7 Å². The van der Waals surface area contributed by atoms with Crippen LogP contribution in [0.2, 0.25) is 0 Å². The van der Waals surface area contributed by atoms with Crippen molar-refractivity contribution >= 4 is 10.0 Å². The summed E-state index contributed by atoms with van der Waals surface area (Å²) in [5, 5.41) is 3.29. The molecule has 0 saturated carbocycles. The predicted octanol–water partition coefficient (Wildman–Crippen LogP) is 2.00. The minimum atomic E-state index is -3.33. The monoisotopic (exact) mass is 270 g/mol. The molecule has 4 nitrogen and oxygen atoms in total. The molecule has 0 bridgehead atoms. The maximum atomic E-state index is 12.1. The molecule has 0 spiro atoms. The topological polar surface area (TPSA) is 49.4 Å². The maximum absolute atomic E-state index is 12.1. The lowest BCUT2D eigenvalue weighted by Crippen LogP contribution is -2.26. The summed E-state index contributed by atoms with van der Waals surface area (Å²) in [5.41, 5.74) is 1.09. The Morgan fingerprint density at radius 2 is 1.78 bits per heavy atom. The van der Waals surface area contributed by atoms with Crippen LogP contribution in [0.3, 0.4) is 0 Å². The minimum Gasteiger partial charge on any atom is -0.310 e. The Morgan fingerprint density at radius 1 is 1.22 bits per heavy atom. The van der Waals surface area contributed by atoms with Gasteiger partial charge in [-0.3, -0.25) is 0 Å². The van der Waals surface area contributed by atoms with E-state index in [1.54, 1.807) is 19.2 Å². The maximum Gasteiger partial charge on any atom is 0.242 e. The van der Waals surface area contributed by atoms with Crippen LogP contribution < -0.4 is 5.32 Å². The van der Waals surface area contributed by atoms with Gasteiger partial charge >= 0.3 is 0 Å². The van der Waals surface area contributed by atoms with Crippen molar-refractivity contribution < 1.29 is 8.42 Å². The normalized spacial score (nSPS) is 13.8. The molecule has 0 amide bonds. The van der Waals surface area contributed by atoms with E-state index in [1.165, 1.54) is 4.31 Å². The third-order valence-corrected chi connectivity index (χ3v) is 4.99. The Bertz CT molecular complexity index is 468. The first-order valence-corrected chi connectivity index (χ1v) is 7.67. The first-order chi connectivity index (χ1) is 8.43. The SMILES string of the molecule is CCNC(C)c1ccc(S(=O)(=O)N(C)CC)cc1. The third-order valence-electron chi connectivity index (χ3n) is 3.04. The largest absolute Gasteiger partial charge is 0.310 e. The van der Waals surface area contributed by atoms with Gasteiger partial charge in [0.25, 0.3) is 0 Å². The van der Waals surface area contributed by atoms with Crippen LogP contribution >= 0.6 is 0 Å². The molecule has 0 aliphatic carbocycles. The highest BCUT2D eigenvalue weighted by atomic mass is 32.2. The molecule has 0 aromatic heterocycles. The van der Waals surface area contributed by atoms with Crippen LogP contribution in [-0.4, -0.2) is 32.9 Å². The minimum absolute atomic E-state index is 0.232. The molecule has 1 unspecified atom stereocenters. The molecule has 1 aromatic carbocycles. The van der Waals surface area contributed by atoms with Crippen LogP contribution in [0.5, 0.6) is 0 Å². The van der Waals surface area contributed by atoms with Gasteiger partial charge in [-0.15, -0.1) is 0 Å². The zero-order valence-electron chi connectivity index (χ0n) is 11.5. The fourth-order valence-corrected chi connectivity index (χ4v) is 2.88. The molecule has 0 saturated heterocycles. The van der Waals surface area contributed by atoms with Gasteiger partial charge in [-0.05, 0) is 31.2 Å². The van der Waals surface area contributed by atoms with Crippen molar-refractivity contribution in [2.75, 3.05) is 20.1 Å². The first-order valence-electron chi connectivity index (χ1n) is 6.23. The second-order valence-corrected chi connectivity index (χ2v) is 6.31. The average Bonchev–Trinajstić information content (AvgIpc) is 2.38. The Labute approximate surface area is 110 Å². The van der Waals surface area contributed by atoms with E-state index >= 15 is 0 Å². The van der Waals surface area contributed by atoms with Crippen LogP contribution in [0.1, 0.15) is 32.4 Å². The second kappa shape index (κ2) is 6.31. The number of nitrogens with zero attached hydrogens (tertiary/aromatic N) is 1. The quantitative estimate of drug-likeness (QED) is 0.860. The van der Waals surface area contributed by atoms with Gasteiger partial charge in [-0.1, -0.05) is 26.0 Å². The highest BCUT2D eigenvalue weighted by molar-refractivity contribution is 7.89. The third kappa shape index (κ3) is 3.31. The molecule has 1 N–H and O–H groups in total. The molecule has 0 radical (unpaired) electrons. The van der Waals surface area contributed by atoms with Crippen LogP contribution in [0.4, 0.5) is 0 Å². The molecule has 1 aromatic rings. The van der Waals surface area contributed by atoms with E-state index in [9.17, 15) is 8.42 Å². The van der Waals surface area contributed by atoms with E-state index in [0.29, 0.717) is 11.4 Å². The van der Waals surface area contributed by atoms with E-state index in [-0.39, 0.29) is 6.04 Å². The molecule has 0 fully saturated rings. The van der Waals surface area contributed by atoms with Crippen molar-refractivity contribution in [3.63, 3.8) is 0 Å². The van der Waals surface area contributed by atoms with Crippen molar-refractivity contribution in [3.8, 4) is 0 Å². The lowest BCUT2D eigenvalue weighted by Gasteiger charge is -2.16. The molecule has 1 rings (SSSR count). The Hall–Kier alpha value is -0.910. The fraction of sp³-hybridized carbons (Fsp3) is 0.538. The van der Waals surface area contributed by atoms with Gasteiger partial charge in [0.15, 0.2) is 0 Å². The Balaban J connectivity index is 2.96. The molecule has 0 heterocycles. The van der Waals surface area contributed by atoms with Crippen molar-refractivity contribution in [1.82, 2.24) is 9.62 Å². The van der Waals surface area contributed by atoms with Crippen molar-refractivity contribution in [1.29, 1.82) is 0 Å². The van der Waals surface area contributed by atoms with E-state index in [4.69, 9.17) is 0 Å². The van der Waals surface area contributed by atoms with Gasteiger partial charge in [0.1, 0.15) is 0 Å².